The molecule has 0 bridgehead atoms. The van der Waals surface area contributed by atoms with Gasteiger partial charge in [-0.2, -0.15) is 5.10 Å². The molecule has 4 aromatic rings. The largest absolute Gasteiger partial charge is 0.308 e. The molecule has 7 nitrogen and oxygen atoms in total. The zero-order chi connectivity index (χ0) is 17.2. The highest BCUT2D eigenvalue weighted by molar-refractivity contribution is 9.10. The van der Waals surface area contributed by atoms with Gasteiger partial charge in [-0.3, -0.25) is 10.1 Å². The number of nitrogens with zero attached hydrogens (tertiary/aromatic N) is 5. The maximum Gasteiger partial charge on any atom is 0.262 e. The first-order valence-corrected chi connectivity index (χ1v) is 8.94. The molecule has 124 valence electrons. The van der Waals surface area contributed by atoms with Crippen LogP contribution in [0.4, 0.5) is 5.13 Å². The Morgan fingerprint density at radius 2 is 1.92 bits per heavy atom. The van der Waals surface area contributed by atoms with Gasteiger partial charge in [0.1, 0.15) is 11.1 Å². The minimum Gasteiger partial charge on any atom is -0.308 e. The summed E-state index contributed by atoms with van der Waals surface area (Å²) in [4.78, 5) is 12.7. The number of hydrogen-bond donors (Lipinski definition) is 1. The average Bonchev–Trinajstić information content (AvgIpc) is 3.36. The summed E-state index contributed by atoms with van der Waals surface area (Å²) < 4.78 is 4.55. The molecule has 0 spiro atoms. The molecule has 1 N–H and O–H groups in total. The Hall–Kier alpha value is -2.78. The van der Waals surface area contributed by atoms with Crippen LogP contribution in [0.5, 0.6) is 0 Å². The van der Waals surface area contributed by atoms with E-state index < -0.39 is 0 Å². The van der Waals surface area contributed by atoms with E-state index in [0.29, 0.717) is 16.5 Å². The topological polar surface area (TPSA) is 77.6 Å². The molecule has 3 aromatic heterocycles. The van der Waals surface area contributed by atoms with Crippen molar-refractivity contribution >= 4 is 38.3 Å². The Kier molecular flexibility index (Phi) is 4.16. The third-order valence-electron chi connectivity index (χ3n) is 3.49. The molecule has 4 rings (SSSR count). The molecule has 0 aliphatic rings. The second-order valence-electron chi connectivity index (χ2n) is 5.06. The van der Waals surface area contributed by atoms with E-state index in [1.165, 1.54) is 11.3 Å². The third kappa shape index (κ3) is 3.11. The van der Waals surface area contributed by atoms with Gasteiger partial charge >= 0.3 is 0 Å². The highest BCUT2D eigenvalue weighted by Gasteiger charge is 2.20. The average molecular weight is 415 g/mol. The molecule has 0 fully saturated rings. The lowest BCUT2D eigenvalue weighted by Crippen LogP contribution is -2.15. The lowest BCUT2D eigenvalue weighted by atomic mass is 10.3. The molecular formula is C16H11BrN6OS. The summed E-state index contributed by atoms with van der Waals surface area (Å²) in [5.74, 6) is 0.359. The van der Waals surface area contributed by atoms with Gasteiger partial charge in [0.05, 0.1) is 11.9 Å². The van der Waals surface area contributed by atoms with Gasteiger partial charge < -0.3 is 4.57 Å². The number of benzene rings is 1. The monoisotopic (exact) mass is 414 g/mol. The van der Waals surface area contributed by atoms with E-state index in [4.69, 9.17) is 0 Å². The minimum absolute atomic E-state index is 0.288. The lowest BCUT2D eigenvalue weighted by molar-refractivity contribution is 0.102. The van der Waals surface area contributed by atoms with Gasteiger partial charge in [0.2, 0.25) is 5.13 Å². The second-order valence-corrected chi connectivity index (χ2v) is 6.81. The van der Waals surface area contributed by atoms with Crippen molar-refractivity contribution in [1.82, 2.24) is 24.5 Å². The van der Waals surface area contributed by atoms with Gasteiger partial charge in [-0.15, -0.1) is 10.2 Å². The number of amides is 1. The zero-order valence-corrected chi connectivity index (χ0v) is 15.1. The van der Waals surface area contributed by atoms with Crippen molar-refractivity contribution in [2.24, 2.45) is 0 Å². The van der Waals surface area contributed by atoms with Crippen LogP contribution >= 0.6 is 27.3 Å². The minimum atomic E-state index is -0.288. The van der Waals surface area contributed by atoms with Crippen LogP contribution in [0, 0.1) is 0 Å². The van der Waals surface area contributed by atoms with Crippen LogP contribution in [0.15, 0.2) is 65.0 Å². The fourth-order valence-corrected chi connectivity index (χ4v) is 3.09. The van der Waals surface area contributed by atoms with Crippen molar-refractivity contribution in [3.63, 3.8) is 0 Å². The molecule has 0 saturated heterocycles. The number of nitrogens with one attached hydrogen (secondary N) is 1. The molecule has 0 radical (unpaired) electrons. The molecular weight excluding hydrogens is 404 g/mol. The summed E-state index contributed by atoms with van der Waals surface area (Å²) in [5.41, 5.74) is 2.85. The van der Waals surface area contributed by atoms with Crippen LogP contribution in [-0.4, -0.2) is 30.5 Å². The van der Waals surface area contributed by atoms with Crippen LogP contribution in [-0.2, 0) is 0 Å². The number of halogens is 1. The van der Waals surface area contributed by atoms with E-state index in [1.807, 2.05) is 53.4 Å². The van der Waals surface area contributed by atoms with Crippen LogP contribution in [0.2, 0.25) is 0 Å². The highest BCUT2D eigenvalue weighted by atomic mass is 79.9. The fraction of sp³-hybridized carbons (Fsp3) is 0. The fourth-order valence-electron chi connectivity index (χ4n) is 2.39. The summed E-state index contributed by atoms with van der Waals surface area (Å²) in [6, 6.07) is 11.5. The van der Waals surface area contributed by atoms with E-state index in [0.717, 1.165) is 10.2 Å². The Balaban J connectivity index is 1.79. The van der Waals surface area contributed by atoms with Crippen molar-refractivity contribution in [3.8, 4) is 11.5 Å². The molecule has 25 heavy (non-hydrogen) atoms. The molecule has 1 aromatic carbocycles. The molecule has 9 heteroatoms. The number of carbonyl (C=O) groups excluding carboxylic acids is 1. The van der Waals surface area contributed by atoms with Gasteiger partial charge in [-0.25, -0.2) is 4.68 Å². The highest BCUT2D eigenvalue weighted by Crippen LogP contribution is 2.22. The molecule has 1 amide bonds. The van der Waals surface area contributed by atoms with Gasteiger partial charge in [0, 0.05) is 16.9 Å². The summed E-state index contributed by atoms with van der Waals surface area (Å²) in [5, 5.41) is 15.2. The SMILES string of the molecule is O=C(Nc1nncs1)c1cnn(-c2ccc(Br)cc2)c1-n1cccc1. The van der Waals surface area contributed by atoms with Crippen molar-refractivity contribution in [3.05, 3.63) is 70.5 Å². The van der Waals surface area contributed by atoms with Crippen LogP contribution in [0.3, 0.4) is 0 Å². The van der Waals surface area contributed by atoms with E-state index in [9.17, 15) is 4.79 Å². The number of aromatic nitrogens is 5. The third-order valence-corrected chi connectivity index (χ3v) is 4.62. The smallest absolute Gasteiger partial charge is 0.262 e. The Labute approximate surface area is 155 Å². The first-order valence-electron chi connectivity index (χ1n) is 7.27. The Morgan fingerprint density at radius 3 is 2.60 bits per heavy atom. The molecule has 0 aliphatic heterocycles. The van der Waals surface area contributed by atoms with Gasteiger partial charge in [0.15, 0.2) is 5.82 Å². The van der Waals surface area contributed by atoms with Gasteiger partial charge in [-0.05, 0) is 36.4 Å². The molecule has 0 unspecified atom stereocenters. The summed E-state index contributed by atoms with van der Waals surface area (Å²) >= 11 is 4.69. The quantitative estimate of drug-likeness (QED) is 0.553. The molecule has 0 aliphatic carbocycles. The van der Waals surface area contributed by atoms with Crippen molar-refractivity contribution in [2.75, 3.05) is 5.32 Å². The zero-order valence-electron chi connectivity index (χ0n) is 12.7. The number of anilines is 1. The number of carbonyl (C=O) groups is 1. The number of hydrogen-bond acceptors (Lipinski definition) is 5. The summed E-state index contributed by atoms with van der Waals surface area (Å²) in [6.45, 7) is 0. The van der Waals surface area contributed by atoms with Crippen molar-refractivity contribution in [1.29, 1.82) is 0 Å². The van der Waals surface area contributed by atoms with E-state index in [-0.39, 0.29) is 5.91 Å². The predicted molar refractivity (Wildman–Crippen MR) is 98.5 cm³/mol. The predicted octanol–water partition coefficient (Wildman–Crippen LogP) is 3.53. The molecule has 0 atom stereocenters. The van der Waals surface area contributed by atoms with Crippen molar-refractivity contribution in [2.45, 2.75) is 0 Å². The van der Waals surface area contributed by atoms with Gasteiger partial charge in [0.25, 0.3) is 5.91 Å². The standard InChI is InChI=1S/C16H11BrN6OS/c17-11-3-5-12(6-4-11)23-15(22-7-1-2-8-22)13(9-19-23)14(24)20-16-21-18-10-25-16/h1-10H,(H,20,21,24). The Bertz CT molecular complexity index is 992. The summed E-state index contributed by atoms with van der Waals surface area (Å²) in [7, 11) is 0. The van der Waals surface area contributed by atoms with Gasteiger partial charge in [-0.1, -0.05) is 27.3 Å². The van der Waals surface area contributed by atoms with Crippen LogP contribution in [0.25, 0.3) is 11.5 Å². The number of rotatable bonds is 4. The van der Waals surface area contributed by atoms with Crippen molar-refractivity contribution < 1.29 is 4.79 Å². The van der Waals surface area contributed by atoms with E-state index in [2.05, 4.69) is 36.5 Å². The first kappa shape index (κ1) is 15.7. The normalized spacial score (nSPS) is 10.8. The van der Waals surface area contributed by atoms with Crippen LogP contribution in [0.1, 0.15) is 10.4 Å². The lowest BCUT2D eigenvalue weighted by Gasteiger charge is -2.10. The van der Waals surface area contributed by atoms with E-state index >= 15 is 0 Å². The maximum atomic E-state index is 12.7. The van der Waals surface area contributed by atoms with E-state index in [1.54, 1.807) is 16.4 Å². The summed E-state index contributed by atoms with van der Waals surface area (Å²) in [6.07, 6.45) is 5.29. The second kappa shape index (κ2) is 6.61. The molecule has 3 heterocycles. The first-order chi connectivity index (χ1) is 12.2. The Morgan fingerprint density at radius 1 is 1.16 bits per heavy atom. The molecule has 0 saturated carbocycles. The van der Waals surface area contributed by atoms with Crippen LogP contribution < -0.4 is 5.32 Å². The maximum absolute atomic E-state index is 12.7.